The summed E-state index contributed by atoms with van der Waals surface area (Å²) in [5, 5.41) is 16.0. The van der Waals surface area contributed by atoms with Gasteiger partial charge in [-0.2, -0.15) is 18.3 Å². The maximum Gasteiger partial charge on any atom is 0.435 e. The van der Waals surface area contributed by atoms with E-state index in [2.05, 4.69) is 22.0 Å². The molecule has 4 aliphatic rings. The number of carbonyl (C=O) groups is 3. The molecule has 53 heavy (non-hydrogen) atoms. The summed E-state index contributed by atoms with van der Waals surface area (Å²) in [6.45, 7) is 3.54. The predicted molar refractivity (Wildman–Crippen MR) is 184 cm³/mol. The Bertz CT molecular complexity index is 2110. The van der Waals surface area contributed by atoms with Crippen molar-refractivity contribution in [3.05, 3.63) is 59.4 Å². The minimum absolute atomic E-state index is 0.0113. The molecule has 2 aliphatic carbocycles. The molecule has 4 atom stereocenters. The van der Waals surface area contributed by atoms with E-state index in [1.54, 1.807) is 25.3 Å². The maximum atomic E-state index is 13.9. The Hall–Kier alpha value is -4.42. The highest BCUT2D eigenvalue weighted by Gasteiger charge is 2.79. The van der Waals surface area contributed by atoms with Gasteiger partial charge in [0.25, 0.3) is 5.91 Å². The zero-order valence-electron chi connectivity index (χ0n) is 28.6. The van der Waals surface area contributed by atoms with Gasteiger partial charge < -0.3 is 25.0 Å². The Kier molecular flexibility index (Phi) is 9.38. The number of carbonyl (C=O) groups excluding carboxylic acids is 3. The fourth-order valence-corrected chi connectivity index (χ4v) is 9.34. The molecule has 0 unspecified atom stereocenters. The van der Waals surface area contributed by atoms with Crippen LogP contribution in [-0.4, -0.2) is 109 Å². The first-order valence-corrected chi connectivity index (χ1v) is 19.0. The van der Waals surface area contributed by atoms with E-state index in [-0.39, 0.29) is 47.4 Å². The number of nitrogens with zero attached hydrogens (tertiary/aromatic N) is 6. The quantitative estimate of drug-likeness (QED) is 0.149. The standard InChI is InChI=1S/C34H37ClF3N7O7S/c1-3-4-5-6-12-42(2)30(47)23-14-20(17-43(23)32(49)40-33-16-26(33)45(31(33)48)53(50,51)21-8-9-21)52-24-15-27(44-13-11-25(41-44)34(36,37)38)39-29-22(24)10-7-19(18-46)28(29)35/h3,7,10-11,13,15,20-21,23,26,46H,1,4-6,8-9,12,14,16-18H2,2H3,(H,40,49)/t20-,23-,26+,33+/m0/s1. The molecule has 2 aromatic heterocycles. The SMILES string of the molecule is C=CCCCCN(C)C(=O)[C@@H]1C[C@H](Oc2cc(-n3ccc(C(F)(F)F)n3)nc3c(Cl)c(CO)ccc23)CN1C(=O)N[C@]12C[C@H]1N(S(=O)(=O)C1CC1)C2=O. The van der Waals surface area contributed by atoms with Crippen molar-refractivity contribution >= 4 is 50.4 Å². The van der Waals surface area contributed by atoms with Crippen molar-refractivity contribution in [2.45, 2.75) is 86.7 Å². The topological polar surface area (TPSA) is 167 Å². The second-order valence-electron chi connectivity index (χ2n) is 13.9. The van der Waals surface area contributed by atoms with E-state index in [0.29, 0.717) is 36.8 Å². The third kappa shape index (κ3) is 6.58. The van der Waals surface area contributed by atoms with Crippen molar-refractivity contribution in [3.8, 4) is 11.6 Å². The molecule has 1 aromatic carbocycles. The van der Waals surface area contributed by atoms with Crippen LogP contribution in [0, 0.1) is 0 Å². The van der Waals surface area contributed by atoms with E-state index in [1.807, 2.05) is 0 Å². The van der Waals surface area contributed by atoms with Crippen LogP contribution in [0.15, 0.2) is 43.1 Å². The number of urea groups is 1. The van der Waals surface area contributed by atoms with Gasteiger partial charge in [-0.25, -0.2) is 27.2 Å². The third-order valence-corrected chi connectivity index (χ3v) is 12.9. The number of unbranched alkanes of at least 4 members (excludes halogenated alkanes) is 2. The molecule has 19 heteroatoms. The van der Waals surface area contributed by atoms with Gasteiger partial charge in [0.1, 0.15) is 23.4 Å². The van der Waals surface area contributed by atoms with Crippen LogP contribution >= 0.6 is 11.6 Å². The molecular weight excluding hydrogens is 743 g/mol. The number of pyridine rings is 1. The van der Waals surface area contributed by atoms with E-state index >= 15 is 0 Å². The predicted octanol–water partition coefficient (Wildman–Crippen LogP) is 3.78. The summed E-state index contributed by atoms with van der Waals surface area (Å²) < 4.78 is 74.1. The van der Waals surface area contributed by atoms with Gasteiger partial charge in [0, 0.05) is 44.1 Å². The molecule has 0 bridgehead atoms. The lowest BCUT2D eigenvalue weighted by molar-refractivity contribution is -0.141. The van der Waals surface area contributed by atoms with Gasteiger partial charge in [0.2, 0.25) is 15.9 Å². The number of nitrogens with one attached hydrogen (secondary N) is 1. The van der Waals surface area contributed by atoms with Gasteiger partial charge in [0.05, 0.1) is 35.0 Å². The van der Waals surface area contributed by atoms with Gasteiger partial charge in [-0.3, -0.25) is 9.59 Å². The number of hydrogen-bond donors (Lipinski definition) is 2. The lowest BCUT2D eigenvalue weighted by Crippen LogP contribution is -2.67. The second kappa shape index (κ2) is 13.5. The largest absolute Gasteiger partial charge is 0.488 e. The van der Waals surface area contributed by atoms with Crippen molar-refractivity contribution in [2.75, 3.05) is 20.1 Å². The molecule has 0 spiro atoms. The minimum atomic E-state index is -4.72. The maximum absolute atomic E-state index is 13.9. The number of likely N-dealkylation sites (N-methyl/N-ethyl adjacent to an activating group) is 1. The molecule has 2 saturated heterocycles. The Morgan fingerprint density at radius 3 is 2.64 bits per heavy atom. The Morgan fingerprint density at radius 1 is 1.25 bits per heavy atom. The number of benzene rings is 1. The van der Waals surface area contributed by atoms with Gasteiger partial charge >= 0.3 is 12.2 Å². The monoisotopic (exact) mass is 779 g/mol. The first kappa shape index (κ1) is 36.9. The summed E-state index contributed by atoms with van der Waals surface area (Å²) in [6.07, 6.45) is 0.666. The lowest BCUT2D eigenvalue weighted by atomic mass is 10.1. The molecular formula is C34H37ClF3N7O7S. The number of likely N-dealkylation sites (tertiary alicyclic amines) is 1. The van der Waals surface area contributed by atoms with Crippen molar-refractivity contribution in [3.63, 3.8) is 0 Å². The van der Waals surface area contributed by atoms with E-state index in [0.717, 1.165) is 34.1 Å². The number of rotatable bonds is 13. The summed E-state index contributed by atoms with van der Waals surface area (Å²) in [5.41, 5.74) is -2.09. The van der Waals surface area contributed by atoms with Crippen molar-refractivity contribution in [2.24, 2.45) is 0 Å². The molecule has 4 heterocycles. The molecule has 2 aliphatic heterocycles. The number of β-lactam (4-membered cyclic amide) rings is 1. The Morgan fingerprint density at radius 2 is 2.00 bits per heavy atom. The van der Waals surface area contributed by atoms with Crippen LogP contribution in [0.1, 0.15) is 56.2 Å². The summed E-state index contributed by atoms with van der Waals surface area (Å²) in [4.78, 5) is 48.2. The Labute approximate surface area is 307 Å². The first-order valence-electron chi connectivity index (χ1n) is 17.2. The van der Waals surface area contributed by atoms with Crippen LogP contribution < -0.4 is 10.1 Å². The number of allylic oxidation sites excluding steroid dienone is 1. The number of sulfonamides is 1. The number of aliphatic hydroxyl groups is 1. The number of ether oxygens (including phenoxy) is 1. The molecule has 3 aromatic rings. The summed E-state index contributed by atoms with van der Waals surface area (Å²) in [6, 6.07) is 2.83. The normalized spacial score (nSPS) is 23.8. The zero-order chi connectivity index (χ0) is 38.0. The third-order valence-electron chi connectivity index (χ3n) is 10.2. The van der Waals surface area contributed by atoms with E-state index in [1.165, 1.54) is 15.9 Å². The number of alkyl halides is 3. The summed E-state index contributed by atoms with van der Waals surface area (Å²) >= 11 is 6.58. The average Bonchev–Trinajstić information content (AvgIpc) is 3.95. The van der Waals surface area contributed by atoms with E-state index in [9.17, 15) is 41.1 Å². The van der Waals surface area contributed by atoms with E-state index in [4.69, 9.17) is 16.3 Å². The average molecular weight is 780 g/mol. The molecule has 2 N–H and O–H groups in total. The van der Waals surface area contributed by atoms with Gasteiger partial charge in [-0.15, -0.1) is 6.58 Å². The van der Waals surface area contributed by atoms with Crippen LogP contribution in [0.2, 0.25) is 5.02 Å². The van der Waals surface area contributed by atoms with Crippen LogP contribution in [0.25, 0.3) is 16.7 Å². The number of fused-ring (bicyclic) bond motifs is 2. The van der Waals surface area contributed by atoms with Gasteiger partial charge in [-0.05, 0) is 49.8 Å². The second-order valence-corrected chi connectivity index (χ2v) is 16.3. The highest BCUT2D eigenvalue weighted by molar-refractivity contribution is 7.90. The Balaban J connectivity index is 1.17. The number of halogens is 4. The zero-order valence-corrected chi connectivity index (χ0v) is 30.1. The highest BCUT2D eigenvalue weighted by atomic mass is 35.5. The van der Waals surface area contributed by atoms with Crippen LogP contribution in [-0.2, 0) is 32.4 Å². The molecule has 4 amide bonds. The number of aliphatic hydroxyl groups excluding tert-OH is 1. The molecule has 0 radical (unpaired) electrons. The van der Waals surface area contributed by atoms with Crippen LogP contribution in [0.3, 0.4) is 0 Å². The number of amides is 4. The van der Waals surface area contributed by atoms with Crippen LogP contribution in [0.4, 0.5) is 18.0 Å². The first-order chi connectivity index (χ1) is 25.1. The highest BCUT2D eigenvalue weighted by Crippen LogP contribution is 2.55. The van der Waals surface area contributed by atoms with Crippen molar-refractivity contribution in [1.29, 1.82) is 0 Å². The fourth-order valence-electron chi connectivity index (χ4n) is 7.02. The molecule has 2 saturated carbocycles. The van der Waals surface area contributed by atoms with Crippen molar-refractivity contribution in [1.82, 2.24) is 34.2 Å². The molecule has 284 valence electrons. The van der Waals surface area contributed by atoms with Crippen LogP contribution in [0.5, 0.6) is 5.75 Å². The lowest BCUT2D eigenvalue weighted by Gasteiger charge is -2.38. The number of hydrogen-bond acceptors (Lipinski definition) is 9. The smallest absolute Gasteiger partial charge is 0.435 e. The van der Waals surface area contributed by atoms with Gasteiger partial charge in [-0.1, -0.05) is 23.7 Å². The number of aromatic nitrogens is 3. The summed E-state index contributed by atoms with van der Waals surface area (Å²) in [5.74, 6) is -1.03. The molecule has 4 fully saturated rings. The van der Waals surface area contributed by atoms with Gasteiger partial charge in [0.15, 0.2) is 11.5 Å². The fraction of sp³-hybridized carbons (Fsp3) is 0.500. The van der Waals surface area contributed by atoms with E-state index < -0.39 is 69.4 Å². The summed E-state index contributed by atoms with van der Waals surface area (Å²) in [7, 11) is -2.16. The molecule has 14 nitrogen and oxygen atoms in total. The molecule has 7 rings (SSSR count). The minimum Gasteiger partial charge on any atom is -0.488 e. The van der Waals surface area contributed by atoms with Crippen molar-refractivity contribution < 1.29 is 45.8 Å².